The summed E-state index contributed by atoms with van der Waals surface area (Å²) in [6.45, 7) is 5.11. The van der Waals surface area contributed by atoms with Crippen molar-refractivity contribution in [3.05, 3.63) is 53.6 Å². The molecule has 2 aromatic carbocycles. The first-order valence-corrected chi connectivity index (χ1v) is 11.8. The minimum Gasteiger partial charge on any atom is -0.373 e. The van der Waals surface area contributed by atoms with E-state index in [2.05, 4.69) is 10.6 Å². The maximum atomic E-state index is 13.1. The van der Waals surface area contributed by atoms with E-state index in [1.54, 1.807) is 13.8 Å². The summed E-state index contributed by atoms with van der Waals surface area (Å²) in [7, 11) is -3.82. The number of hydrogen-bond acceptors (Lipinski definition) is 5. The number of rotatable bonds is 5. The standard InChI is InChI=1S/C22H24F3N3O5S/c1-13-11-28(12-14(2)33-13)34(31,32)18-7-4-16(5-8-18)21(30)27-20-10-17(22(23,24)25)6-9-19(20)26-15(3)29/h4-10,13-14H,11-12H2,1-3H3,(H,26,29)(H,27,30). The fourth-order valence-corrected chi connectivity index (χ4v) is 5.16. The number of halogens is 3. The molecule has 2 N–H and O–H groups in total. The Hall–Kier alpha value is -2.96. The Morgan fingerprint density at radius 1 is 0.971 bits per heavy atom. The summed E-state index contributed by atoms with van der Waals surface area (Å²) >= 11 is 0. The molecule has 1 fully saturated rings. The molecule has 0 spiro atoms. The molecule has 0 bridgehead atoms. The molecule has 12 heteroatoms. The van der Waals surface area contributed by atoms with Crippen LogP contribution in [-0.4, -0.2) is 49.8 Å². The fourth-order valence-electron chi connectivity index (χ4n) is 3.57. The van der Waals surface area contributed by atoms with E-state index in [9.17, 15) is 31.2 Å². The van der Waals surface area contributed by atoms with Gasteiger partial charge in [0.05, 0.1) is 34.0 Å². The summed E-state index contributed by atoms with van der Waals surface area (Å²) in [5.74, 6) is -1.31. The first-order chi connectivity index (χ1) is 15.8. The largest absolute Gasteiger partial charge is 0.416 e. The van der Waals surface area contributed by atoms with Gasteiger partial charge >= 0.3 is 6.18 Å². The van der Waals surface area contributed by atoms with Gasteiger partial charge in [-0.1, -0.05) is 0 Å². The first-order valence-electron chi connectivity index (χ1n) is 10.3. The highest BCUT2D eigenvalue weighted by atomic mass is 32.2. The number of alkyl halides is 3. The summed E-state index contributed by atoms with van der Waals surface area (Å²) in [5, 5.41) is 4.71. The zero-order chi connectivity index (χ0) is 25.3. The molecular weight excluding hydrogens is 475 g/mol. The second kappa shape index (κ2) is 9.72. The third kappa shape index (κ3) is 5.93. The SMILES string of the molecule is CC(=O)Nc1ccc(C(F)(F)F)cc1NC(=O)c1ccc(S(=O)(=O)N2CC(C)OC(C)C2)cc1. The van der Waals surface area contributed by atoms with Gasteiger partial charge in [0.2, 0.25) is 15.9 Å². The summed E-state index contributed by atoms with van der Waals surface area (Å²) in [6, 6.07) is 7.59. The number of morpholine rings is 1. The lowest BCUT2D eigenvalue weighted by molar-refractivity contribution is -0.137. The number of sulfonamides is 1. The van der Waals surface area contributed by atoms with Gasteiger partial charge in [-0.25, -0.2) is 8.42 Å². The average molecular weight is 500 g/mol. The van der Waals surface area contributed by atoms with Crippen molar-refractivity contribution in [2.24, 2.45) is 0 Å². The summed E-state index contributed by atoms with van der Waals surface area (Å²) < 4.78 is 72.1. The molecule has 0 radical (unpaired) electrons. The third-order valence-electron chi connectivity index (χ3n) is 5.05. The van der Waals surface area contributed by atoms with Crippen LogP contribution in [0, 0.1) is 0 Å². The third-order valence-corrected chi connectivity index (χ3v) is 6.89. The fraction of sp³-hybridized carbons (Fsp3) is 0.364. The van der Waals surface area contributed by atoms with Crippen LogP contribution in [0.25, 0.3) is 0 Å². The van der Waals surface area contributed by atoms with Crippen LogP contribution in [0.2, 0.25) is 0 Å². The molecule has 3 rings (SSSR count). The lowest BCUT2D eigenvalue weighted by Crippen LogP contribution is -2.48. The van der Waals surface area contributed by atoms with Crippen molar-refractivity contribution in [1.29, 1.82) is 0 Å². The number of carbonyl (C=O) groups excluding carboxylic acids is 2. The maximum Gasteiger partial charge on any atom is 0.416 e. The van der Waals surface area contributed by atoms with E-state index in [-0.39, 0.29) is 47.1 Å². The summed E-state index contributed by atoms with van der Waals surface area (Å²) in [5.41, 5.74) is -1.24. The molecule has 8 nitrogen and oxygen atoms in total. The number of nitrogens with one attached hydrogen (secondary N) is 2. The molecule has 2 aromatic rings. The second-order valence-electron chi connectivity index (χ2n) is 8.00. The molecule has 0 aromatic heterocycles. The van der Waals surface area contributed by atoms with Crippen LogP contribution in [0.4, 0.5) is 24.5 Å². The highest BCUT2D eigenvalue weighted by molar-refractivity contribution is 7.89. The Morgan fingerprint density at radius 2 is 1.56 bits per heavy atom. The average Bonchev–Trinajstić information content (AvgIpc) is 2.73. The lowest BCUT2D eigenvalue weighted by atomic mass is 10.1. The van der Waals surface area contributed by atoms with E-state index >= 15 is 0 Å². The molecule has 1 saturated heterocycles. The van der Waals surface area contributed by atoms with Crippen molar-refractivity contribution in [3.8, 4) is 0 Å². The van der Waals surface area contributed by atoms with Crippen molar-refractivity contribution in [1.82, 2.24) is 4.31 Å². The van der Waals surface area contributed by atoms with Crippen LogP contribution < -0.4 is 10.6 Å². The quantitative estimate of drug-likeness (QED) is 0.653. The minimum atomic E-state index is -4.65. The van der Waals surface area contributed by atoms with Crippen LogP contribution in [-0.2, 0) is 25.7 Å². The van der Waals surface area contributed by atoms with Gasteiger partial charge in [0.25, 0.3) is 5.91 Å². The molecular formula is C22H24F3N3O5S. The monoisotopic (exact) mass is 499 g/mol. The van der Waals surface area contributed by atoms with Gasteiger partial charge in [0, 0.05) is 25.6 Å². The number of benzene rings is 2. The lowest BCUT2D eigenvalue weighted by Gasteiger charge is -2.34. The predicted molar refractivity (Wildman–Crippen MR) is 119 cm³/mol. The van der Waals surface area contributed by atoms with Crippen molar-refractivity contribution < 1.29 is 35.9 Å². The number of ether oxygens (including phenoxy) is 1. The van der Waals surface area contributed by atoms with Crippen molar-refractivity contribution in [3.63, 3.8) is 0 Å². The van der Waals surface area contributed by atoms with Gasteiger partial charge in [-0.15, -0.1) is 0 Å². The van der Waals surface area contributed by atoms with Gasteiger partial charge in [-0.2, -0.15) is 17.5 Å². The Kier molecular flexibility index (Phi) is 7.34. The van der Waals surface area contributed by atoms with Crippen molar-refractivity contribution in [2.75, 3.05) is 23.7 Å². The summed E-state index contributed by atoms with van der Waals surface area (Å²) in [4.78, 5) is 24.0. The number of nitrogens with zero attached hydrogens (tertiary/aromatic N) is 1. The molecule has 1 aliphatic rings. The normalized spacial score (nSPS) is 19.5. The summed E-state index contributed by atoms with van der Waals surface area (Å²) in [6.07, 6.45) is -5.19. The molecule has 1 heterocycles. The number of anilines is 2. The highest BCUT2D eigenvalue weighted by Crippen LogP contribution is 2.34. The van der Waals surface area contributed by atoms with E-state index in [1.165, 1.54) is 35.5 Å². The van der Waals surface area contributed by atoms with E-state index in [0.717, 1.165) is 12.1 Å². The van der Waals surface area contributed by atoms with Crippen molar-refractivity contribution in [2.45, 2.75) is 44.1 Å². The molecule has 0 aliphatic carbocycles. The smallest absolute Gasteiger partial charge is 0.373 e. The number of amides is 2. The van der Waals surface area contributed by atoms with Gasteiger partial charge < -0.3 is 15.4 Å². The van der Waals surface area contributed by atoms with Crippen LogP contribution in [0.1, 0.15) is 36.7 Å². The molecule has 2 unspecified atom stereocenters. The predicted octanol–water partition coefficient (Wildman–Crippen LogP) is 3.71. The minimum absolute atomic E-state index is 0.0106. The van der Waals surface area contributed by atoms with Crippen LogP contribution >= 0.6 is 0 Å². The molecule has 1 aliphatic heterocycles. The Balaban J connectivity index is 1.83. The highest BCUT2D eigenvalue weighted by Gasteiger charge is 2.33. The number of hydrogen-bond donors (Lipinski definition) is 2. The van der Waals surface area contributed by atoms with E-state index in [0.29, 0.717) is 6.07 Å². The van der Waals surface area contributed by atoms with E-state index in [4.69, 9.17) is 4.74 Å². The Morgan fingerprint density at radius 3 is 2.09 bits per heavy atom. The van der Waals surface area contributed by atoms with Crippen LogP contribution in [0.5, 0.6) is 0 Å². The van der Waals surface area contributed by atoms with Crippen LogP contribution in [0.3, 0.4) is 0 Å². The second-order valence-corrected chi connectivity index (χ2v) is 9.94. The zero-order valence-electron chi connectivity index (χ0n) is 18.6. The van der Waals surface area contributed by atoms with E-state index < -0.39 is 33.6 Å². The van der Waals surface area contributed by atoms with Crippen LogP contribution in [0.15, 0.2) is 47.4 Å². The molecule has 2 amide bonds. The molecule has 2 atom stereocenters. The topological polar surface area (TPSA) is 105 Å². The van der Waals surface area contributed by atoms with Crippen molar-refractivity contribution >= 4 is 33.2 Å². The molecule has 0 saturated carbocycles. The Bertz CT molecular complexity index is 1170. The first kappa shape index (κ1) is 25.7. The maximum absolute atomic E-state index is 13.1. The van der Waals surface area contributed by atoms with Gasteiger partial charge in [-0.3, -0.25) is 9.59 Å². The van der Waals surface area contributed by atoms with Gasteiger partial charge in [-0.05, 0) is 56.3 Å². The molecule has 34 heavy (non-hydrogen) atoms. The Labute approximate surface area is 195 Å². The van der Waals surface area contributed by atoms with Gasteiger partial charge in [0.15, 0.2) is 0 Å². The molecule has 184 valence electrons. The zero-order valence-corrected chi connectivity index (χ0v) is 19.5. The van der Waals surface area contributed by atoms with E-state index in [1.807, 2.05) is 0 Å². The van der Waals surface area contributed by atoms with Gasteiger partial charge in [0.1, 0.15) is 0 Å². The number of carbonyl (C=O) groups is 2.